The van der Waals surface area contributed by atoms with Gasteiger partial charge in [-0.3, -0.25) is 9.59 Å². The molecular formula is C17H20N2O6. The van der Waals surface area contributed by atoms with Crippen LogP contribution >= 0.6 is 0 Å². The molecule has 8 heteroatoms. The third kappa shape index (κ3) is 5.05. The molecule has 0 radical (unpaired) electrons. The smallest absolute Gasteiger partial charge is 0.326 e. The Morgan fingerprint density at radius 3 is 2.52 bits per heavy atom. The molecule has 0 fully saturated rings. The number of para-hydroxylation sites is 1. The van der Waals surface area contributed by atoms with E-state index in [9.17, 15) is 24.6 Å². The first kappa shape index (κ1) is 18.5. The summed E-state index contributed by atoms with van der Waals surface area (Å²) in [4.78, 5) is 37.2. The maximum Gasteiger partial charge on any atom is 0.326 e. The van der Waals surface area contributed by atoms with Crippen LogP contribution in [0.3, 0.4) is 0 Å². The number of fused-ring (bicyclic) bond motifs is 1. The maximum atomic E-state index is 12.0. The van der Waals surface area contributed by atoms with E-state index in [0.29, 0.717) is 0 Å². The predicted molar refractivity (Wildman–Crippen MR) is 89.1 cm³/mol. The number of nitrogens with one attached hydrogen (secondary N) is 2. The minimum atomic E-state index is -1.75. The number of carbonyl (C=O) groups is 3. The minimum absolute atomic E-state index is 0.0617. The number of aromatic nitrogens is 1. The molecule has 0 saturated heterocycles. The van der Waals surface area contributed by atoms with Gasteiger partial charge < -0.3 is 25.6 Å². The molecule has 2 aromatic rings. The fourth-order valence-corrected chi connectivity index (χ4v) is 2.70. The second kappa shape index (κ2) is 7.35. The standard InChI is InChI=1S/C17H20N2O6/c1-17(25,8-15(21)22)7-14(20)19-13(16(23)24)6-10-9-18-12-5-3-2-4-11(10)12/h2-5,9,13,18,25H,6-8H2,1H3,(H,19,20)(H,21,22)(H,23,24)/t13-,17-/m0/s1. The number of aromatic amines is 1. The lowest BCUT2D eigenvalue weighted by Crippen LogP contribution is -2.45. The van der Waals surface area contributed by atoms with Crippen molar-refractivity contribution >= 4 is 28.7 Å². The summed E-state index contributed by atoms with van der Waals surface area (Å²) < 4.78 is 0. The molecule has 2 atom stereocenters. The molecule has 0 aliphatic carbocycles. The van der Waals surface area contributed by atoms with Gasteiger partial charge in [-0.15, -0.1) is 0 Å². The van der Waals surface area contributed by atoms with Crippen LogP contribution < -0.4 is 5.32 Å². The van der Waals surface area contributed by atoms with Crippen molar-refractivity contribution in [2.75, 3.05) is 0 Å². The van der Waals surface area contributed by atoms with Crippen molar-refractivity contribution < 1.29 is 29.7 Å². The van der Waals surface area contributed by atoms with Crippen LogP contribution in [0.2, 0.25) is 0 Å². The third-order valence-electron chi connectivity index (χ3n) is 3.81. The van der Waals surface area contributed by atoms with E-state index in [1.807, 2.05) is 24.3 Å². The van der Waals surface area contributed by atoms with Crippen molar-refractivity contribution in [2.24, 2.45) is 0 Å². The monoisotopic (exact) mass is 348 g/mol. The van der Waals surface area contributed by atoms with Gasteiger partial charge in [0.2, 0.25) is 5.91 Å². The van der Waals surface area contributed by atoms with E-state index in [4.69, 9.17) is 5.11 Å². The van der Waals surface area contributed by atoms with E-state index in [2.05, 4.69) is 10.3 Å². The number of hydrogen-bond donors (Lipinski definition) is 5. The molecule has 8 nitrogen and oxygen atoms in total. The van der Waals surface area contributed by atoms with Gasteiger partial charge in [-0.2, -0.15) is 0 Å². The van der Waals surface area contributed by atoms with Crippen LogP contribution in [-0.2, 0) is 20.8 Å². The topological polar surface area (TPSA) is 140 Å². The van der Waals surface area contributed by atoms with Crippen molar-refractivity contribution in [3.8, 4) is 0 Å². The number of hydrogen-bond acceptors (Lipinski definition) is 4. The average molecular weight is 348 g/mol. The van der Waals surface area contributed by atoms with Gasteiger partial charge in [0.1, 0.15) is 6.04 Å². The highest BCUT2D eigenvalue weighted by atomic mass is 16.4. The van der Waals surface area contributed by atoms with Gasteiger partial charge in [0.05, 0.1) is 18.4 Å². The van der Waals surface area contributed by atoms with Gasteiger partial charge in [0.15, 0.2) is 0 Å². The van der Waals surface area contributed by atoms with Gasteiger partial charge >= 0.3 is 11.9 Å². The summed E-state index contributed by atoms with van der Waals surface area (Å²) in [5.74, 6) is -3.18. The van der Waals surface area contributed by atoms with Crippen LogP contribution in [0, 0.1) is 0 Å². The fraction of sp³-hybridized carbons (Fsp3) is 0.353. The van der Waals surface area contributed by atoms with E-state index in [1.165, 1.54) is 6.92 Å². The van der Waals surface area contributed by atoms with E-state index >= 15 is 0 Å². The van der Waals surface area contributed by atoms with Crippen LogP contribution in [0.4, 0.5) is 0 Å². The quantitative estimate of drug-likeness (QED) is 0.480. The number of carbonyl (C=O) groups excluding carboxylic acids is 1. The Balaban J connectivity index is 2.07. The van der Waals surface area contributed by atoms with Crippen molar-refractivity contribution in [1.29, 1.82) is 0 Å². The fourth-order valence-electron chi connectivity index (χ4n) is 2.70. The molecule has 2 rings (SSSR count). The normalized spacial score (nSPS) is 14.6. The molecule has 25 heavy (non-hydrogen) atoms. The molecule has 5 N–H and O–H groups in total. The van der Waals surface area contributed by atoms with Gasteiger partial charge in [-0.05, 0) is 18.6 Å². The Kier molecular flexibility index (Phi) is 5.43. The number of rotatable bonds is 8. The van der Waals surface area contributed by atoms with Crippen LogP contribution in [-0.4, -0.2) is 49.8 Å². The second-order valence-corrected chi connectivity index (χ2v) is 6.27. The lowest BCUT2D eigenvalue weighted by Gasteiger charge is -2.22. The summed E-state index contributed by atoms with van der Waals surface area (Å²) in [5.41, 5.74) is -0.155. The van der Waals surface area contributed by atoms with Crippen molar-refractivity contribution in [1.82, 2.24) is 10.3 Å². The van der Waals surface area contributed by atoms with E-state index in [0.717, 1.165) is 16.5 Å². The number of H-pyrrole nitrogens is 1. The summed E-state index contributed by atoms with van der Waals surface area (Å²) in [6.07, 6.45) is 0.636. The molecule has 0 aliphatic heterocycles. The molecular weight excluding hydrogens is 328 g/mol. The molecule has 1 aromatic heterocycles. The molecule has 1 aromatic carbocycles. The SMILES string of the molecule is C[C@@](O)(CC(=O)O)CC(=O)N[C@@H](Cc1c[nH]c2ccccc12)C(=O)O. The summed E-state index contributed by atoms with van der Waals surface area (Å²) >= 11 is 0. The van der Waals surface area contributed by atoms with E-state index in [1.54, 1.807) is 6.20 Å². The Labute approximate surface area is 143 Å². The van der Waals surface area contributed by atoms with Crippen molar-refractivity contribution in [3.63, 3.8) is 0 Å². The molecule has 0 unspecified atom stereocenters. The molecule has 0 spiro atoms. The van der Waals surface area contributed by atoms with Crippen LogP contribution in [0.15, 0.2) is 30.5 Å². The number of aliphatic hydroxyl groups is 1. The highest BCUT2D eigenvalue weighted by Gasteiger charge is 2.30. The summed E-state index contributed by atoms with van der Waals surface area (Å²) in [5, 5.41) is 31.2. The molecule has 1 heterocycles. The molecule has 1 amide bonds. The molecule has 0 bridgehead atoms. The summed E-state index contributed by atoms with van der Waals surface area (Å²) in [6, 6.07) is 6.20. The zero-order chi connectivity index (χ0) is 18.6. The number of benzene rings is 1. The first-order valence-electron chi connectivity index (χ1n) is 7.69. The number of carboxylic acids is 2. The first-order valence-corrected chi connectivity index (χ1v) is 7.69. The average Bonchev–Trinajstić information content (AvgIpc) is 2.87. The number of carboxylic acid groups (broad SMARTS) is 2. The lowest BCUT2D eigenvalue weighted by molar-refractivity contribution is -0.145. The van der Waals surface area contributed by atoms with Crippen molar-refractivity contribution in [2.45, 2.75) is 37.8 Å². The Hall–Kier alpha value is -2.87. The zero-order valence-electron chi connectivity index (χ0n) is 13.7. The van der Waals surface area contributed by atoms with Gasteiger partial charge in [-0.25, -0.2) is 4.79 Å². The van der Waals surface area contributed by atoms with Crippen molar-refractivity contribution in [3.05, 3.63) is 36.0 Å². The largest absolute Gasteiger partial charge is 0.481 e. The maximum absolute atomic E-state index is 12.0. The highest BCUT2D eigenvalue weighted by Crippen LogP contribution is 2.20. The zero-order valence-corrected chi connectivity index (χ0v) is 13.7. The van der Waals surface area contributed by atoms with Crippen LogP contribution in [0.1, 0.15) is 25.3 Å². The second-order valence-electron chi connectivity index (χ2n) is 6.27. The third-order valence-corrected chi connectivity index (χ3v) is 3.81. The molecule has 134 valence electrons. The van der Waals surface area contributed by atoms with Gasteiger partial charge in [0.25, 0.3) is 0 Å². The first-order chi connectivity index (χ1) is 11.7. The Bertz CT molecular complexity index is 795. The van der Waals surface area contributed by atoms with E-state index < -0.39 is 42.3 Å². The van der Waals surface area contributed by atoms with E-state index in [-0.39, 0.29) is 6.42 Å². The lowest BCUT2D eigenvalue weighted by atomic mass is 9.97. The Morgan fingerprint density at radius 1 is 1.20 bits per heavy atom. The van der Waals surface area contributed by atoms with Gasteiger partial charge in [0, 0.05) is 23.5 Å². The van der Waals surface area contributed by atoms with Crippen LogP contribution in [0.5, 0.6) is 0 Å². The van der Waals surface area contributed by atoms with Gasteiger partial charge in [-0.1, -0.05) is 18.2 Å². The Morgan fingerprint density at radius 2 is 1.88 bits per heavy atom. The van der Waals surface area contributed by atoms with Crippen LogP contribution in [0.25, 0.3) is 10.9 Å². The number of aliphatic carboxylic acids is 2. The molecule has 0 saturated carbocycles. The summed E-state index contributed by atoms with van der Waals surface area (Å²) in [6.45, 7) is 1.22. The molecule has 0 aliphatic rings. The number of amides is 1. The summed E-state index contributed by atoms with van der Waals surface area (Å²) in [7, 11) is 0. The minimum Gasteiger partial charge on any atom is -0.481 e. The highest BCUT2D eigenvalue weighted by molar-refractivity contribution is 5.87. The predicted octanol–water partition coefficient (Wildman–Crippen LogP) is 0.896.